The van der Waals surface area contributed by atoms with Gasteiger partial charge in [-0.25, -0.2) is 12.8 Å². The standard InChI is InChI=1S/C12H14FN5O2S/c1-8-4-9(14)5-10(12(8)13)21(19,20)18-3-2-17-7-15-16-11(17)6-18/h4-5,7H,2-3,6,14H2,1H3. The van der Waals surface area contributed by atoms with Crippen molar-refractivity contribution in [3.8, 4) is 0 Å². The van der Waals surface area contributed by atoms with Crippen LogP contribution in [0.2, 0.25) is 0 Å². The van der Waals surface area contributed by atoms with Crippen LogP contribution < -0.4 is 5.73 Å². The van der Waals surface area contributed by atoms with Crippen molar-refractivity contribution in [1.82, 2.24) is 19.1 Å². The molecule has 1 aromatic carbocycles. The fraction of sp³-hybridized carbons (Fsp3) is 0.333. The van der Waals surface area contributed by atoms with Gasteiger partial charge in [0.15, 0.2) is 0 Å². The zero-order valence-electron chi connectivity index (χ0n) is 11.3. The van der Waals surface area contributed by atoms with E-state index in [1.165, 1.54) is 17.3 Å². The minimum absolute atomic E-state index is 0.0651. The second kappa shape index (κ2) is 4.78. The summed E-state index contributed by atoms with van der Waals surface area (Å²) >= 11 is 0. The molecule has 3 rings (SSSR count). The van der Waals surface area contributed by atoms with Gasteiger partial charge in [-0.1, -0.05) is 0 Å². The van der Waals surface area contributed by atoms with Crippen molar-refractivity contribution in [3.05, 3.63) is 35.7 Å². The monoisotopic (exact) mass is 311 g/mol. The molecule has 112 valence electrons. The quantitative estimate of drug-likeness (QED) is 0.816. The molecule has 0 spiro atoms. The third kappa shape index (κ3) is 2.28. The third-order valence-electron chi connectivity index (χ3n) is 3.47. The molecule has 2 N–H and O–H groups in total. The van der Waals surface area contributed by atoms with E-state index in [0.29, 0.717) is 12.4 Å². The molecule has 0 unspecified atom stereocenters. The number of nitrogen functional groups attached to an aromatic ring is 1. The summed E-state index contributed by atoms with van der Waals surface area (Å²) in [4.78, 5) is -0.395. The van der Waals surface area contributed by atoms with Crippen molar-refractivity contribution in [2.75, 3.05) is 12.3 Å². The van der Waals surface area contributed by atoms with Gasteiger partial charge in [-0.15, -0.1) is 10.2 Å². The molecule has 7 nitrogen and oxygen atoms in total. The van der Waals surface area contributed by atoms with E-state index < -0.39 is 20.7 Å². The summed E-state index contributed by atoms with van der Waals surface area (Å²) in [6.07, 6.45) is 1.55. The number of nitrogens with zero attached hydrogens (tertiary/aromatic N) is 4. The highest BCUT2D eigenvalue weighted by molar-refractivity contribution is 7.89. The van der Waals surface area contributed by atoms with Crippen molar-refractivity contribution in [2.45, 2.75) is 24.9 Å². The van der Waals surface area contributed by atoms with Crippen molar-refractivity contribution in [2.24, 2.45) is 0 Å². The van der Waals surface area contributed by atoms with E-state index in [1.54, 1.807) is 10.9 Å². The zero-order valence-corrected chi connectivity index (χ0v) is 12.1. The van der Waals surface area contributed by atoms with E-state index in [1.807, 2.05) is 0 Å². The van der Waals surface area contributed by atoms with Gasteiger partial charge in [0.05, 0.1) is 6.54 Å². The SMILES string of the molecule is Cc1cc(N)cc(S(=O)(=O)N2CCn3cnnc3C2)c1F. The number of anilines is 1. The van der Waals surface area contributed by atoms with Gasteiger partial charge >= 0.3 is 0 Å². The van der Waals surface area contributed by atoms with Crippen molar-refractivity contribution < 1.29 is 12.8 Å². The van der Waals surface area contributed by atoms with Crippen molar-refractivity contribution >= 4 is 15.7 Å². The number of aromatic nitrogens is 3. The predicted octanol–water partition coefficient (Wildman–Crippen LogP) is 0.512. The highest BCUT2D eigenvalue weighted by Gasteiger charge is 2.32. The van der Waals surface area contributed by atoms with E-state index in [4.69, 9.17) is 5.73 Å². The van der Waals surface area contributed by atoms with E-state index in [2.05, 4.69) is 10.2 Å². The van der Waals surface area contributed by atoms with E-state index >= 15 is 0 Å². The number of hydrogen-bond acceptors (Lipinski definition) is 5. The van der Waals surface area contributed by atoms with Crippen LogP contribution in [-0.2, 0) is 23.1 Å². The van der Waals surface area contributed by atoms with Crippen molar-refractivity contribution in [1.29, 1.82) is 0 Å². The smallest absolute Gasteiger partial charge is 0.246 e. The molecule has 0 atom stereocenters. The summed E-state index contributed by atoms with van der Waals surface area (Å²) in [6, 6.07) is 2.55. The molecule has 21 heavy (non-hydrogen) atoms. The molecule has 0 saturated carbocycles. The Kier molecular flexibility index (Phi) is 3.18. The molecular formula is C12H14FN5O2S. The van der Waals surface area contributed by atoms with Gasteiger partial charge < -0.3 is 10.3 Å². The normalized spacial score (nSPS) is 15.9. The molecule has 1 aliphatic rings. The first-order valence-electron chi connectivity index (χ1n) is 6.32. The average Bonchev–Trinajstić information content (AvgIpc) is 2.89. The zero-order chi connectivity index (χ0) is 15.2. The average molecular weight is 311 g/mol. The van der Waals surface area contributed by atoms with E-state index in [0.717, 1.165) is 6.07 Å². The lowest BCUT2D eigenvalue weighted by atomic mass is 10.2. The highest BCUT2D eigenvalue weighted by Crippen LogP contribution is 2.26. The molecule has 0 bridgehead atoms. The molecule has 0 fully saturated rings. The van der Waals surface area contributed by atoms with Gasteiger partial charge in [0.25, 0.3) is 0 Å². The molecule has 0 saturated heterocycles. The predicted molar refractivity (Wildman–Crippen MR) is 73.2 cm³/mol. The van der Waals surface area contributed by atoms with Crippen LogP contribution in [-0.4, -0.2) is 34.0 Å². The molecule has 2 heterocycles. The molecule has 9 heteroatoms. The number of nitrogens with two attached hydrogens (primary N) is 1. The molecule has 1 aliphatic heterocycles. The lowest BCUT2D eigenvalue weighted by Gasteiger charge is -2.26. The van der Waals surface area contributed by atoms with Crippen LogP contribution in [0.15, 0.2) is 23.4 Å². The van der Waals surface area contributed by atoms with Crippen LogP contribution >= 0.6 is 0 Å². The number of benzene rings is 1. The van der Waals surface area contributed by atoms with E-state index in [-0.39, 0.29) is 24.3 Å². The maximum Gasteiger partial charge on any atom is 0.246 e. The number of sulfonamides is 1. The lowest BCUT2D eigenvalue weighted by Crippen LogP contribution is -2.38. The Labute approximate surface area is 121 Å². The van der Waals surface area contributed by atoms with Gasteiger partial charge in [0.1, 0.15) is 22.9 Å². The second-order valence-electron chi connectivity index (χ2n) is 4.93. The molecule has 0 amide bonds. The minimum atomic E-state index is -3.96. The second-order valence-corrected chi connectivity index (χ2v) is 6.84. The Morgan fingerprint density at radius 1 is 1.33 bits per heavy atom. The van der Waals surface area contributed by atoms with Crippen LogP contribution in [0, 0.1) is 12.7 Å². The summed E-state index contributed by atoms with van der Waals surface area (Å²) < 4.78 is 42.4. The Morgan fingerprint density at radius 2 is 2.10 bits per heavy atom. The van der Waals surface area contributed by atoms with E-state index in [9.17, 15) is 12.8 Å². The first kappa shape index (κ1) is 14.0. The molecule has 0 aliphatic carbocycles. The number of hydrogen-bond donors (Lipinski definition) is 1. The third-order valence-corrected chi connectivity index (χ3v) is 5.31. The Balaban J connectivity index is 2.03. The first-order chi connectivity index (χ1) is 9.89. The maximum absolute atomic E-state index is 14.2. The highest BCUT2D eigenvalue weighted by atomic mass is 32.2. The maximum atomic E-state index is 14.2. The lowest BCUT2D eigenvalue weighted by molar-refractivity contribution is 0.334. The van der Waals surface area contributed by atoms with Crippen molar-refractivity contribution in [3.63, 3.8) is 0 Å². The van der Waals surface area contributed by atoms with Crippen LogP contribution in [0.5, 0.6) is 0 Å². The van der Waals surface area contributed by atoms with Crippen LogP contribution in [0.3, 0.4) is 0 Å². The molecule has 1 aromatic heterocycles. The number of fused-ring (bicyclic) bond motifs is 1. The summed E-state index contributed by atoms with van der Waals surface area (Å²) in [5.41, 5.74) is 6.06. The van der Waals surface area contributed by atoms with Gasteiger partial charge in [-0.05, 0) is 24.6 Å². The molecule has 2 aromatic rings. The Bertz CT molecular complexity index is 802. The largest absolute Gasteiger partial charge is 0.399 e. The number of halogens is 1. The number of aryl methyl sites for hydroxylation is 1. The van der Waals surface area contributed by atoms with Gasteiger partial charge in [-0.3, -0.25) is 0 Å². The Morgan fingerprint density at radius 3 is 2.86 bits per heavy atom. The number of rotatable bonds is 2. The van der Waals surface area contributed by atoms with Crippen LogP contribution in [0.1, 0.15) is 11.4 Å². The summed E-state index contributed by atoms with van der Waals surface area (Å²) in [6.45, 7) is 2.22. The van der Waals surface area contributed by atoms with Gasteiger partial charge in [0.2, 0.25) is 10.0 Å². The summed E-state index contributed by atoms with van der Waals surface area (Å²) in [5, 5.41) is 7.60. The van der Waals surface area contributed by atoms with Gasteiger partial charge in [0, 0.05) is 18.8 Å². The molecular weight excluding hydrogens is 297 g/mol. The summed E-state index contributed by atoms with van der Waals surface area (Å²) in [5.74, 6) is -0.234. The van der Waals surface area contributed by atoms with Gasteiger partial charge in [-0.2, -0.15) is 4.31 Å². The Hall–Kier alpha value is -2.00. The fourth-order valence-electron chi connectivity index (χ4n) is 2.34. The minimum Gasteiger partial charge on any atom is -0.399 e. The summed E-state index contributed by atoms with van der Waals surface area (Å²) in [7, 11) is -3.96. The molecule has 0 radical (unpaired) electrons. The first-order valence-corrected chi connectivity index (χ1v) is 7.76. The van der Waals surface area contributed by atoms with Crippen LogP contribution in [0.25, 0.3) is 0 Å². The fourth-order valence-corrected chi connectivity index (χ4v) is 3.90. The van der Waals surface area contributed by atoms with Crippen LogP contribution in [0.4, 0.5) is 10.1 Å². The topological polar surface area (TPSA) is 94.1 Å².